The SMILES string of the molecule is Cc1ccc(-c2cncc(=O)[nH]2)cc1NC(=O)C1=CNCC[C@H]1c1ccc(F)cc1. The van der Waals surface area contributed by atoms with Crippen LogP contribution >= 0.6 is 0 Å². The number of carbonyl (C=O) groups excluding carboxylic acids is 1. The van der Waals surface area contributed by atoms with Gasteiger partial charge in [-0.1, -0.05) is 24.3 Å². The number of hydrogen-bond acceptors (Lipinski definition) is 4. The molecule has 0 fully saturated rings. The number of H-pyrrole nitrogens is 1. The fourth-order valence-corrected chi connectivity index (χ4v) is 3.57. The molecule has 1 aliphatic rings. The Kier molecular flexibility index (Phi) is 5.43. The van der Waals surface area contributed by atoms with Gasteiger partial charge in [0.1, 0.15) is 5.82 Å². The summed E-state index contributed by atoms with van der Waals surface area (Å²) < 4.78 is 13.3. The van der Waals surface area contributed by atoms with Crippen molar-refractivity contribution in [2.45, 2.75) is 19.3 Å². The molecule has 1 atom stereocenters. The van der Waals surface area contributed by atoms with Crippen LogP contribution in [0.3, 0.4) is 0 Å². The predicted molar refractivity (Wildman–Crippen MR) is 114 cm³/mol. The molecule has 6 nitrogen and oxygen atoms in total. The average molecular weight is 404 g/mol. The molecule has 2 heterocycles. The molecule has 1 aliphatic heterocycles. The van der Waals surface area contributed by atoms with Gasteiger partial charge in [0.2, 0.25) is 0 Å². The highest BCUT2D eigenvalue weighted by Crippen LogP contribution is 2.31. The lowest BCUT2D eigenvalue weighted by Gasteiger charge is -2.25. The molecule has 0 unspecified atom stereocenters. The molecule has 4 rings (SSSR count). The molecule has 2 aromatic carbocycles. The fraction of sp³-hybridized carbons (Fsp3) is 0.174. The zero-order chi connectivity index (χ0) is 21.1. The normalized spacial score (nSPS) is 15.8. The van der Waals surface area contributed by atoms with Gasteiger partial charge < -0.3 is 15.6 Å². The molecule has 30 heavy (non-hydrogen) atoms. The van der Waals surface area contributed by atoms with Crippen molar-refractivity contribution in [1.82, 2.24) is 15.3 Å². The third kappa shape index (κ3) is 4.15. The van der Waals surface area contributed by atoms with Crippen LogP contribution in [-0.4, -0.2) is 22.4 Å². The topological polar surface area (TPSA) is 86.9 Å². The lowest BCUT2D eigenvalue weighted by atomic mass is 9.86. The number of amides is 1. The first-order valence-corrected chi connectivity index (χ1v) is 9.67. The van der Waals surface area contributed by atoms with Crippen LogP contribution in [0.25, 0.3) is 11.3 Å². The Labute approximate surface area is 172 Å². The average Bonchev–Trinajstić information content (AvgIpc) is 2.76. The molecule has 0 spiro atoms. The first-order valence-electron chi connectivity index (χ1n) is 9.67. The van der Waals surface area contributed by atoms with Crippen LogP contribution in [-0.2, 0) is 4.79 Å². The monoisotopic (exact) mass is 404 g/mol. The maximum absolute atomic E-state index is 13.3. The van der Waals surface area contributed by atoms with Gasteiger partial charge in [-0.15, -0.1) is 0 Å². The van der Waals surface area contributed by atoms with Crippen molar-refractivity contribution >= 4 is 11.6 Å². The van der Waals surface area contributed by atoms with Crippen LogP contribution in [0.2, 0.25) is 0 Å². The van der Waals surface area contributed by atoms with E-state index in [-0.39, 0.29) is 23.2 Å². The number of aromatic amines is 1. The largest absolute Gasteiger partial charge is 0.390 e. The number of nitrogens with zero attached hydrogens (tertiary/aromatic N) is 1. The van der Waals surface area contributed by atoms with Gasteiger partial charge in [0, 0.05) is 35.5 Å². The zero-order valence-electron chi connectivity index (χ0n) is 16.4. The van der Waals surface area contributed by atoms with Gasteiger partial charge in [-0.05, 0) is 42.7 Å². The minimum Gasteiger partial charge on any atom is -0.390 e. The third-order valence-electron chi connectivity index (χ3n) is 5.19. The summed E-state index contributed by atoms with van der Waals surface area (Å²) >= 11 is 0. The van der Waals surface area contributed by atoms with Crippen molar-refractivity contribution in [3.05, 3.63) is 93.9 Å². The molecule has 1 aromatic heterocycles. The highest BCUT2D eigenvalue weighted by molar-refractivity contribution is 6.05. The number of nitrogens with one attached hydrogen (secondary N) is 3. The highest BCUT2D eigenvalue weighted by Gasteiger charge is 2.25. The van der Waals surface area contributed by atoms with Crippen molar-refractivity contribution < 1.29 is 9.18 Å². The second-order valence-electron chi connectivity index (χ2n) is 7.24. The van der Waals surface area contributed by atoms with Crippen LogP contribution in [0.15, 0.2) is 71.4 Å². The number of aryl methyl sites for hydroxylation is 1. The molecule has 152 valence electrons. The van der Waals surface area contributed by atoms with E-state index in [1.54, 1.807) is 24.5 Å². The maximum Gasteiger partial charge on any atom is 0.266 e. The minimum atomic E-state index is -0.302. The van der Waals surface area contributed by atoms with E-state index in [2.05, 4.69) is 20.6 Å². The van der Waals surface area contributed by atoms with E-state index in [9.17, 15) is 14.0 Å². The van der Waals surface area contributed by atoms with Gasteiger partial charge >= 0.3 is 0 Å². The van der Waals surface area contributed by atoms with Crippen LogP contribution in [0, 0.1) is 12.7 Å². The van der Waals surface area contributed by atoms with Gasteiger partial charge in [0.05, 0.1) is 18.1 Å². The number of aromatic nitrogens is 2. The molecule has 0 aliphatic carbocycles. The van der Waals surface area contributed by atoms with Crippen LogP contribution in [0.5, 0.6) is 0 Å². The standard InChI is InChI=1S/C23H21FN4O2/c1-14-2-3-16(21-12-26-13-22(29)27-21)10-20(14)28-23(30)19-11-25-9-8-18(19)15-4-6-17(24)7-5-15/h2-7,10-13,18,25H,8-9H2,1H3,(H,27,29)(H,28,30)/t18-/m0/s1. The molecular weight excluding hydrogens is 383 g/mol. The summed E-state index contributed by atoms with van der Waals surface area (Å²) in [6, 6.07) is 11.8. The second-order valence-corrected chi connectivity index (χ2v) is 7.24. The predicted octanol–water partition coefficient (Wildman–Crippen LogP) is 3.48. The van der Waals surface area contributed by atoms with Gasteiger partial charge in [-0.2, -0.15) is 0 Å². The summed E-state index contributed by atoms with van der Waals surface area (Å²) in [7, 11) is 0. The molecule has 0 bridgehead atoms. The number of rotatable bonds is 4. The van der Waals surface area contributed by atoms with Crippen LogP contribution < -0.4 is 16.2 Å². The Morgan fingerprint density at radius 3 is 2.73 bits per heavy atom. The number of halogens is 1. The Morgan fingerprint density at radius 2 is 1.97 bits per heavy atom. The first-order chi connectivity index (χ1) is 14.5. The van der Waals surface area contributed by atoms with Crippen LogP contribution in [0.4, 0.5) is 10.1 Å². The van der Waals surface area contributed by atoms with E-state index >= 15 is 0 Å². The molecule has 3 aromatic rings. The van der Waals surface area contributed by atoms with Gasteiger partial charge in [-0.25, -0.2) is 4.39 Å². The Balaban J connectivity index is 1.61. The van der Waals surface area contributed by atoms with E-state index in [1.165, 1.54) is 18.3 Å². The lowest BCUT2D eigenvalue weighted by molar-refractivity contribution is -0.113. The molecule has 7 heteroatoms. The van der Waals surface area contributed by atoms with E-state index in [0.717, 1.165) is 29.7 Å². The number of anilines is 1. The second kappa shape index (κ2) is 8.32. The molecule has 1 amide bonds. The Hall–Kier alpha value is -3.74. The first kappa shape index (κ1) is 19.6. The van der Waals surface area contributed by atoms with Gasteiger partial charge in [0.15, 0.2) is 0 Å². The van der Waals surface area contributed by atoms with E-state index in [1.807, 2.05) is 25.1 Å². The minimum absolute atomic E-state index is 0.120. The number of carbonyl (C=O) groups is 1. The molecule has 3 N–H and O–H groups in total. The van der Waals surface area contributed by atoms with Crippen LogP contribution in [0.1, 0.15) is 23.5 Å². The van der Waals surface area contributed by atoms with Gasteiger partial charge in [-0.3, -0.25) is 14.6 Å². The Bertz CT molecular complexity index is 1170. The molecule has 0 saturated heterocycles. The summed E-state index contributed by atoms with van der Waals surface area (Å²) in [5.74, 6) is -0.648. The number of hydrogen-bond donors (Lipinski definition) is 3. The Morgan fingerprint density at radius 1 is 1.17 bits per heavy atom. The quantitative estimate of drug-likeness (QED) is 0.621. The molecule has 0 saturated carbocycles. The number of benzene rings is 2. The van der Waals surface area contributed by atoms with Crippen molar-refractivity contribution in [1.29, 1.82) is 0 Å². The summed E-state index contributed by atoms with van der Waals surface area (Å²) in [5, 5.41) is 6.11. The smallest absolute Gasteiger partial charge is 0.266 e. The van der Waals surface area contributed by atoms with Gasteiger partial charge in [0.25, 0.3) is 11.5 Å². The third-order valence-corrected chi connectivity index (χ3v) is 5.19. The van der Waals surface area contributed by atoms with Crippen molar-refractivity contribution in [2.75, 3.05) is 11.9 Å². The van der Waals surface area contributed by atoms with Crippen molar-refractivity contribution in [3.8, 4) is 11.3 Å². The summed E-state index contributed by atoms with van der Waals surface area (Å²) in [6.07, 6.45) is 5.24. The highest BCUT2D eigenvalue weighted by atomic mass is 19.1. The summed E-state index contributed by atoms with van der Waals surface area (Å²) in [5.41, 5.74) is 4.05. The molecule has 0 radical (unpaired) electrons. The lowest BCUT2D eigenvalue weighted by Crippen LogP contribution is -2.28. The zero-order valence-corrected chi connectivity index (χ0v) is 16.4. The van der Waals surface area contributed by atoms with E-state index in [0.29, 0.717) is 17.0 Å². The maximum atomic E-state index is 13.3. The summed E-state index contributed by atoms with van der Waals surface area (Å²) in [4.78, 5) is 31.3. The van der Waals surface area contributed by atoms with Crippen molar-refractivity contribution in [3.63, 3.8) is 0 Å². The van der Waals surface area contributed by atoms with E-state index < -0.39 is 0 Å². The van der Waals surface area contributed by atoms with E-state index in [4.69, 9.17) is 0 Å². The fourth-order valence-electron chi connectivity index (χ4n) is 3.57. The van der Waals surface area contributed by atoms with Crippen molar-refractivity contribution in [2.24, 2.45) is 0 Å². The summed E-state index contributed by atoms with van der Waals surface area (Å²) in [6.45, 7) is 2.64. The molecular formula is C23H21FN4O2.